The first kappa shape index (κ1) is 7.56. The number of likely N-dealkylation sites (tertiary alicyclic amines) is 1. The average Bonchev–Trinajstić information content (AvgIpc) is 2.59. The van der Waals surface area contributed by atoms with E-state index < -0.39 is 0 Å². The van der Waals surface area contributed by atoms with Crippen LogP contribution in [0.5, 0.6) is 0 Å². The Labute approximate surface area is 77.4 Å². The van der Waals surface area contributed by atoms with Crippen LogP contribution in [-0.2, 0) is 9.53 Å². The van der Waals surface area contributed by atoms with Crippen LogP contribution in [0.3, 0.4) is 0 Å². The molecule has 2 fully saturated rings. The summed E-state index contributed by atoms with van der Waals surface area (Å²) in [5.74, 6) is 0.266. The Morgan fingerprint density at radius 1 is 1.62 bits per heavy atom. The highest BCUT2D eigenvalue weighted by Gasteiger charge is 2.42. The van der Waals surface area contributed by atoms with Gasteiger partial charge in [0.25, 0.3) is 0 Å². The van der Waals surface area contributed by atoms with E-state index in [0.29, 0.717) is 12.1 Å². The molecule has 0 aromatic carbocycles. The van der Waals surface area contributed by atoms with Gasteiger partial charge < -0.3 is 9.64 Å². The number of ether oxygens (including phenoxy) is 1. The highest BCUT2D eigenvalue weighted by atomic mass is 16.5. The zero-order valence-electron chi connectivity index (χ0n) is 7.53. The smallest absolute Gasteiger partial charge is 0.249 e. The largest absolute Gasteiger partial charge is 0.374 e. The SMILES string of the molecule is O=C(C1=CCC1)N1CC2CC1CO2. The van der Waals surface area contributed by atoms with Crippen molar-refractivity contribution in [1.82, 2.24) is 4.90 Å². The molecule has 0 spiro atoms. The minimum absolute atomic E-state index is 0.266. The lowest BCUT2D eigenvalue weighted by atomic mass is 9.97. The zero-order chi connectivity index (χ0) is 8.84. The van der Waals surface area contributed by atoms with Crippen LogP contribution in [0, 0.1) is 0 Å². The topological polar surface area (TPSA) is 29.5 Å². The first-order valence-electron chi connectivity index (χ1n) is 4.96. The summed E-state index contributed by atoms with van der Waals surface area (Å²) in [4.78, 5) is 13.8. The number of rotatable bonds is 1. The number of hydrogen-bond acceptors (Lipinski definition) is 2. The fourth-order valence-corrected chi connectivity index (χ4v) is 2.32. The second-order valence-electron chi connectivity index (χ2n) is 4.07. The van der Waals surface area contributed by atoms with E-state index >= 15 is 0 Å². The fraction of sp³-hybridized carbons (Fsp3) is 0.700. The predicted octanol–water partition coefficient (Wildman–Crippen LogP) is 0.706. The Balaban J connectivity index is 1.75. The second-order valence-corrected chi connectivity index (χ2v) is 4.07. The van der Waals surface area contributed by atoms with Gasteiger partial charge in [0.05, 0.1) is 18.8 Å². The van der Waals surface area contributed by atoms with Crippen molar-refractivity contribution in [1.29, 1.82) is 0 Å². The number of nitrogens with zero attached hydrogens (tertiary/aromatic N) is 1. The molecule has 1 aliphatic carbocycles. The molecule has 3 aliphatic rings. The molecule has 2 saturated heterocycles. The zero-order valence-corrected chi connectivity index (χ0v) is 7.53. The number of carbonyl (C=O) groups is 1. The van der Waals surface area contributed by atoms with Gasteiger partial charge in [0.15, 0.2) is 0 Å². The van der Waals surface area contributed by atoms with Crippen LogP contribution < -0.4 is 0 Å². The van der Waals surface area contributed by atoms with Gasteiger partial charge >= 0.3 is 0 Å². The highest BCUT2D eigenvalue weighted by molar-refractivity contribution is 5.95. The van der Waals surface area contributed by atoms with Crippen LogP contribution in [-0.4, -0.2) is 36.1 Å². The van der Waals surface area contributed by atoms with Crippen molar-refractivity contribution in [2.75, 3.05) is 13.2 Å². The molecule has 0 N–H and O–H groups in total. The fourth-order valence-electron chi connectivity index (χ4n) is 2.32. The second kappa shape index (κ2) is 2.58. The molecule has 3 heteroatoms. The van der Waals surface area contributed by atoms with Crippen molar-refractivity contribution >= 4 is 5.91 Å². The van der Waals surface area contributed by atoms with Crippen molar-refractivity contribution in [2.45, 2.75) is 31.4 Å². The number of hydrogen-bond donors (Lipinski definition) is 0. The van der Waals surface area contributed by atoms with Crippen LogP contribution >= 0.6 is 0 Å². The summed E-state index contributed by atoms with van der Waals surface area (Å²) in [5.41, 5.74) is 1.02. The van der Waals surface area contributed by atoms with E-state index in [0.717, 1.165) is 38.0 Å². The molecule has 2 atom stereocenters. The van der Waals surface area contributed by atoms with Gasteiger partial charge in [-0.25, -0.2) is 0 Å². The van der Waals surface area contributed by atoms with Gasteiger partial charge in [-0.3, -0.25) is 4.79 Å². The van der Waals surface area contributed by atoms with E-state index in [-0.39, 0.29) is 5.91 Å². The Morgan fingerprint density at radius 3 is 2.92 bits per heavy atom. The van der Waals surface area contributed by atoms with Gasteiger partial charge in [-0.1, -0.05) is 6.08 Å². The van der Waals surface area contributed by atoms with Gasteiger partial charge in [0.2, 0.25) is 5.91 Å². The predicted molar refractivity (Wildman–Crippen MR) is 47.2 cm³/mol. The minimum Gasteiger partial charge on any atom is -0.374 e. The van der Waals surface area contributed by atoms with Crippen LogP contribution in [0.2, 0.25) is 0 Å². The van der Waals surface area contributed by atoms with E-state index in [2.05, 4.69) is 6.08 Å². The van der Waals surface area contributed by atoms with Crippen LogP contribution in [0.4, 0.5) is 0 Å². The molecule has 3 nitrogen and oxygen atoms in total. The lowest BCUT2D eigenvalue weighted by Gasteiger charge is -2.29. The van der Waals surface area contributed by atoms with Gasteiger partial charge in [-0.15, -0.1) is 0 Å². The van der Waals surface area contributed by atoms with E-state index in [1.165, 1.54) is 0 Å². The molecule has 3 rings (SSSR count). The highest BCUT2D eigenvalue weighted by Crippen LogP contribution is 2.31. The van der Waals surface area contributed by atoms with Crippen LogP contribution in [0.15, 0.2) is 11.6 Å². The maximum atomic E-state index is 11.8. The first-order valence-corrected chi connectivity index (χ1v) is 4.96. The molecule has 1 amide bonds. The van der Waals surface area contributed by atoms with Crippen molar-refractivity contribution in [3.63, 3.8) is 0 Å². The van der Waals surface area contributed by atoms with Gasteiger partial charge in [-0.2, -0.15) is 0 Å². The number of allylic oxidation sites excluding steroid dienone is 1. The van der Waals surface area contributed by atoms with Crippen LogP contribution in [0.25, 0.3) is 0 Å². The quantitative estimate of drug-likeness (QED) is 0.593. The minimum atomic E-state index is 0.266. The monoisotopic (exact) mass is 179 g/mol. The molecule has 0 radical (unpaired) electrons. The lowest BCUT2D eigenvalue weighted by Crippen LogP contribution is -2.42. The number of morpholine rings is 1. The summed E-state index contributed by atoms with van der Waals surface area (Å²) in [6, 6.07) is 0.374. The third-order valence-corrected chi connectivity index (χ3v) is 3.24. The Hall–Kier alpha value is -0.830. The van der Waals surface area contributed by atoms with Gasteiger partial charge in [0, 0.05) is 12.1 Å². The summed E-state index contributed by atoms with van der Waals surface area (Å²) in [6.45, 7) is 1.57. The summed E-state index contributed by atoms with van der Waals surface area (Å²) in [5, 5.41) is 0. The summed E-state index contributed by atoms with van der Waals surface area (Å²) in [6.07, 6.45) is 5.50. The molecular weight excluding hydrogens is 166 g/mol. The molecule has 13 heavy (non-hydrogen) atoms. The average molecular weight is 179 g/mol. The van der Waals surface area contributed by atoms with Gasteiger partial charge in [-0.05, 0) is 19.3 Å². The maximum absolute atomic E-state index is 11.8. The van der Waals surface area contributed by atoms with Gasteiger partial charge in [0.1, 0.15) is 0 Å². The lowest BCUT2D eigenvalue weighted by molar-refractivity contribution is -0.131. The van der Waals surface area contributed by atoms with E-state index in [1.54, 1.807) is 0 Å². The first-order chi connectivity index (χ1) is 6.34. The number of carbonyl (C=O) groups excluding carboxylic acids is 1. The molecule has 0 aromatic heterocycles. The molecule has 0 aromatic rings. The Morgan fingerprint density at radius 2 is 2.46 bits per heavy atom. The maximum Gasteiger partial charge on any atom is 0.249 e. The Bertz CT molecular complexity index is 285. The van der Waals surface area contributed by atoms with Crippen molar-refractivity contribution < 1.29 is 9.53 Å². The summed E-state index contributed by atoms with van der Waals surface area (Å²) < 4.78 is 5.45. The molecular formula is C10H13NO2. The molecule has 2 bridgehead atoms. The molecule has 70 valence electrons. The normalized spacial score (nSPS) is 36.0. The molecule has 2 aliphatic heterocycles. The Kier molecular flexibility index (Phi) is 1.50. The number of amides is 1. The number of fused-ring (bicyclic) bond motifs is 2. The van der Waals surface area contributed by atoms with E-state index in [4.69, 9.17) is 4.74 Å². The summed E-state index contributed by atoms with van der Waals surface area (Å²) in [7, 11) is 0. The molecule has 2 unspecified atom stereocenters. The third-order valence-electron chi connectivity index (χ3n) is 3.24. The molecule has 0 saturated carbocycles. The van der Waals surface area contributed by atoms with Crippen molar-refractivity contribution in [2.24, 2.45) is 0 Å². The molecule has 2 heterocycles. The summed E-state index contributed by atoms with van der Waals surface area (Å²) >= 11 is 0. The van der Waals surface area contributed by atoms with E-state index in [1.807, 2.05) is 4.90 Å². The van der Waals surface area contributed by atoms with Crippen molar-refractivity contribution in [3.05, 3.63) is 11.6 Å². The van der Waals surface area contributed by atoms with E-state index in [9.17, 15) is 4.79 Å². The van der Waals surface area contributed by atoms with Crippen LogP contribution in [0.1, 0.15) is 19.3 Å². The standard InChI is InChI=1S/C10H13NO2/c12-10(7-2-1-3-7)11-5-9-4-8(11)6-13-9/h2,8-9H,1,3-6H2. The van der Waals surface area contributed by atoms with Crippen molar-refractivity contribution in [3.8, 4) is 0 Å². The third kappa shape index (κ3) is 1.03.